The number of carbonyl (C=O) groups is 1. The molecule has 2 atom stereocenters. The van der Waals surface area contributed by atoms with Gasteiger partial charge in [0, 0.05) is 6.42 Å². The minimum absolute atomic E-state index is 0.222. The minimum Gasteiger partial charge on any atom is -0.387 e. The topological polar surface area (TPSA) is 116 Å². The summed E-state index contributed by atoms with van der Waals surface area (Å²) >= 11 is 0. The van der Waals surface area contributed by atoms with Crippen molar-refractivity contribution in [2.45, 2.75) is 257 Å². The van der Waals surface area contributed by atoms with Crippen molar-refractivity contribution in [1.29, 1.82) is 0 Å². The van der Waals surface area contributed by atoms with Crippen molar-refractivity contribution in [2.24, 2.45) is 0 Å². The SMILES string of the molecule is CCCCCCCCCCCCCC=C[C@@H](O)[C@H](COP(=O)(O)O)NC(=O)CCCCCCCCCCCCCCCCCCCCCCCCC. The van der Waals surface area contributed by atoms with Gasteiger partial charge in [-0.2, -0.15) is 0 Å². The van der Waals surface area contributed by atoms with Crippen LogP contribution in [0.25, 0.3) is 0 Å². The molecule has 0 aliphatic carbocycles. The second-order valence-electron chi connectivity index (χ2n) is 15.7. The lowest BCUT2D eigenvalue weighted by molar-refractivity contribution is -0.123. The van der Waals surface area contributed by atoms with Crippen molar-refractivity contribution >= 4 is 13.7 Å². The Morgan fingerprint density at radius 3 is 1.17 bits per heavy atom. The second-order valence-corrected chi connectivity index (χ2v) is 17.0. The third kappa shape index (κ3) is 40.5. The molecule has 7 nitrogen and oxygen atoms in total. The average molecular weight is 758 g/mol. The van der Waals surface area contributed by atoms with Crippen molar-refractivity contribution in [3.05, 3.63) is 12.2 Å². The second kappa shape index (κ2) is 40.0. The van der Waals surface area contributed by atoms with Gasteiger partial charge in [0.05, 0.1) is 18.8 Å². The molecule has 0 saturated carbocycles. The number of allylic oxidation sites excluding steroid dienone is 1. The summed E-state index contributed by atoms with van der Waals surface area (Å²) in [5.41, 5.74) is 0. The van der Waals surface area contributed by atoms with E-state index < -0.39 is 26.6 Å². The molecular weight excluding hydrogens is 669 g/mol. The van der Waals surface area contributed by atoms with Gasteiger partial charge in [-0.3, -0.25) is 9.32 Å². The van der Waals surface area contributed by atoms with Gasteiger partial charge in [-0.1, -0.05) is 231 Å². The number of phosphoric ester groups is 1. The monoisotopic (exact) mass is 758 g/mol. The number of rotatable bonds is 42. The van der Waals surface area contributed by atoms with E-state index in [1.165, 1.54) is 186 Å². The predicted octanol–water partition coefficient (Wildman–Crippen LogP) is 13.6. The molecule has 0 aromatic carbocycles. The predicted molar refractivity (Wildman–Crippen MR) is 223 cm³/mol. The highest BCUT2D eigenvalue weighted by atomic mass is 31.2. The maximum Gasteiger partial charge on any atom is 0.469 e. The quantitative estimate of drug-likeness (QED) is 0.0280. The van der Waals surface area contributed by atoms with Gasteiger partial charge in [0.15, 0.2) is 0 Å². The molecule has 310 valence electrons. The van der Waals surface area contributed by atoms with E-state index in [4.69, 9.17) is 9.79 Å². The molecule has 0 bridgehead atoms. The summed E-state index contributed by atoms with van der Waals surface area (Å²) in [6.45, 7) is 4.09. The zero-order valence-corrected chi connectivity index (χ0v) is 35.4. The Balaban J connectivity index is 3.82. The summed E-state index contributed by atoms with van der Waals surface area (Å²) in [5.74, 6) is -0.222. The number of unbranched alkanes of at least 4 members (excludes halogenated alkanes) is 33. The maximum absolute atomic E-state index is 12.6. The Hall–Kier alpha value is -0.720. The van der Waals surface area contributed by atoms with Crippen LogP contribution in [-0.4, -0.2) is 39.6 Å². The summed E-state index contributed by atoms with van der Waals surface area (Å²) in [6, 6.07) is -0.904. The van der Waals surface area contributed by atoms with E-state index in [2.05, 4.69) is 23.7 Å². The van der Waals surface area contributed by atoms with Gasteiger partial charge in [-0.15, -0.1) is 0 Å². The summed E-state index contributed by atoms with van der Waals surface area (Å²) in [7, 11) is -4.71. The lowest BCUT2D eigenvalue weighted by atomic mass is 10.0. The van der Waals surface area contributed by atoms with Gasteiger partial charge in [0.1, 0.15) is 0 Å². The molecule has 0 aliphatic rings. The molecule has 0 saturated heterocycles. The molecule has 8 heteroatoms. The van der Waals surface area contributed by atoms with Crippen LogP contribution in [0.15, 0.2) is 12.2 Å². The van der Waals surface area contributed by atoms with Crippen LogP contribution < -0.4 is 5.32 Å². The van der Waals surface area contributed by atoms with E-state index in [1.54, 1.807) is 6.08 Å². The summed E-state index contributed by atoms with van der Waals surface area (Å²) in [6.07, 6.45) is 48.2. The van der Waals surface area contributed by atoms with Crippen molar-refractivity contribution < 1.29 is 28.8 Å². The molecule has 0 aliphatic heterocycles. The highest BCUT2D eigenvalue weighted by molar-refractivity contribution is 7.46. The molecule has 0 radical (unpaired) electrons. The first-order valence-corrected chi connectivity index (χ1v) is 24.2. The zero-order valence-electron chi connectivity index (χ0n) is 34.5. The first kappa shape index (κ1) is 51.3. The molecule has 1 amide bonds. The summed E-state index contributed by atoms with van der Waals surface area (Å²) in [5, 5.41) is 13.4. The molecule has 0 spiro atoms. The van der Waals surface area contributed by atoms with Gasteiger partial charge in [0.2, 0.25) is 5.91 Å². The normalized spacial score (nSPS) is 13.2. The van der Waals surface area contributed by atoms with E-state index in [0.717, 1.165) is 38.5 Å². The van der Waals surface area contributed by atoms with Crippen LogP contribution in [0.5, 0.6) is 0 Å². The molecule has 0 fully saturated rings. The van der Waals surface area contributed by atoms with Crippen LogP contribution >= 0.6 is 7.82 Å². The van der Waals surface area contributed by atoms with Crippen molar-refractivity contribution in [1.82, 2.24) is 5.32 Å². The lowest BCUT2D eigenvalue weighted by Crippen LogP contribution is -2.45. The highest BCUT2D eigenvalue weighted by Crippen LogP contribution is 2.35. The Morgan fingerprint density at radius 2 is 0.846 bits per heavy atom. The van der Waals surface area contributed by atoms with E-state index in [9.17, 15) is 14.5 Å². The van der Waals surface area contributed by atoms with Crippen LogP contribution in [-0.2, 0) is 13.9 Å². The average Bonchev–Trinajstić information content (AvgIpc) is 3.11. The number of hydrogen-bond acceptors (Lipinski definition) is 4. The zero-order chi connectivity index (χ0) is 38.2. The molecule has 0 heterocycles. The van der Waals surface area contributed by atoms with Crippen molar-refractivity contribution in [2.75, 3.05) is 6.61 Å². The van der Waals surface area contributed by atoms with Crippen molar-refractivity contribution in [3.63, 3.8) is 0 Å². The Labute approximate surface area is 322 Å². The fourth-order valence-corrected chi connectivity index (χ4v) is 7.40. The van der Waals surface area contributed by atoms with Gasteiger partial charge >= 0.3 is 7.82 Å². The van der Waals surface area contributed by atoms with Crippen LogP contribution in [0.4, 0.5) is 0 Å². The fraction of sp³-hybridized carbons (Fsp3) is 0.932. The number of hydrogen-bond donors (Lipinski definition) is 4. The molecule has 0 rings (SSSR count). The number of nitrogens with one attached hydrogen (secondary N) is 1. The van der Waals surface area contributed by atoms with E-state index in [1.807, 2.05) is 6.08 Å². The Bertz CT molecular complexity index is 819. The summed E-state index contributed by atoms with van der Waals surface area (Å²) < 4.78 is 15.9. The number of aliphatic hydroxyl groups is 1. The van der Waals surface area contributed by atoms with Crippen LogP contribution in [0.2, 0.25) is 0 Å². The van der Waals surface area contributed by atoms with Crippen molar-refractivity contribution in [3.8, 4) is 0 Å². The third-order valence-corrected chi connectivity index (χ3v) is 11.0. The minimum atomic E-state index is -4.71. The van der Waals surface area contributed by atoms with E-state index in [-0.39, 0.29) is 5.91 Å². The van der Waals surface area contributed by atoms with E-state index >= 15 is 0 Å². The van der Waals surface area contributed by atoms with Crippen LogP contribution in [0, 0.1) is 0 Å². The van der Waals surface area contributed by atoms with Gasteiger partial charge in [-0.25, -0.2) is 4.57 Å². The number of aliphatic hydroxyl groups excluding tert-OH is 1. The molecule has 4 N–H and O–H groups in total. The Kier molecular flexibility index (Phi) is 39.4. The lowest BCUT2D eigenvalue weighted by Gasteiger charge is -2.22. The maximum atomic E-state index is 12.6. The van der Waals surface area contributed by atoms with Gasteiger partial charge in [0.25, 0.3) is 0 Å². The van der Waals surface area contributed by atoms with Gasteiger partial charge in [-0.05, 0) is 19.3 Å². The highest BCUT2D eigenvalue weighted by Gasteiger charge is 2.24. The molecule has 52 heavy (non-hydrogen) atoms. The van der Waals surface area contributed by atoms with Crippen LogP contribution in [0.1, 0.15) is 245 Å². The Morgan fingerprint density at radius 1 is 0.538 bits per heavy atom. The fourth-order valence-electron chi connectivity index (χ4n) is 7.05. The first-order valence-electron chi connectivity index (χ1n) is 22.6. The largest absolute Gasteiger partial charge is 0.469 e. The third-order valence-electron chi connectivity index (χ3n) is 10.5. The number of carbonyl (C=O) groups excluding carboxylic acids is 1. The molecule has 0 aromatic rings. The first-order chi connectivity index (χ1) is 25.3. The van der Waals surface area contributed by atoms with E-state index in [0.29, 0.717) is 6.42 Å². The number of phosphoric acid groups is 1. The molecule has 0 aromatic heterocycles. The molecular formula is C44H88NO6P. The number of amides is 1. The summed E-state index contributed by atoms with van der Waals surface area (Å²) in [4.78, 5) is 30.9. The molecule has 0 unspecified atom stereocenters. The van der Waals surface area contributed by atoms with Crippen LogP contribution in [0.3, 0.4) is 0 Å². The standard InChI is InChI=1S/C44H88NO6P/c1-3-5-7-9-11-13-15-17-18-19-20-21-22-23-24-25-26-28-30-32-34-36-38-40-44(47)45-42(41-51-52(48,49)50)43(46)39-37-35-33-31-29-27-16-14-12-10-8-6-4-2/h37,39,42-43,46H,3-36,38,40-41H2,1-2H3,(H,45,47)(H2,48,49,50)/t42-,43+/m0/s1. The smallest absolute Gasteiger partial charge is 0.387 e. The van der Waals surface area contributed by atoms with Gasteiger partial charge < -0.3 is 20.2 Å².